The number of anilines is 1. The molecule has 0 bridgehead atoms. The van der Waals surface area contributed by atoms with Crippen LogP contribution in [0.2, 0.25) is 0 Å². The van der Waals surface area contributed by atoms with Crippen molar-refractivity contribution in [3.8, 4) is 0 Å². The highest BCUT2D eigenvalue weighted by molar-refractivity contribution is 7.85. The maximum Gasteiger partial charge on any atom is 0.316 e. The number of nitrogens with one attached hydrogen (secondary N) is 1. The number of rotatable bonds is 3. The van der Waals surface area contributed by atoms with E-state index in [4.69, 9.17) is 10.9 Å². The molecule has 0 saturated heterocycles. The Bertz CT molecular complexity index is 919. The minimum Gasteiger partial charge on any atom is -0.383 e. The number of aromatic nitrogens is 1. The third-order valence-corrected chi connectivity index (χ3v) is 7.30. The van der Waals surface area contributed by atoms with Gasteiger partial charge in [0, 0.05) is 5.69 Å². The molecular weight excluding hydrogens is 396 g/mol. The molecular formula is C19H26N4O3S2. The van der Waals surface area contributed by atoms with E-state index in [9.17, 15) is 14.1 Å². The number of hydrogen-bond donors (Lipinski definition) is 4. The molecule has 28 heavy (non-hydrogen) atoms. The van der Waals surface area contributed by atoms with Gasteiger partial charge in [0.1, 0.15) is 25.8 Å². The zero-order valence-corrected chi connectivity index (χ0v) is 17.7. The predicted molar refractivity (Wildman–Crippen MR) is 112 cm³/mol. The molecule has 6 N–H and O–H groups in total. The Morgan fingerprint density at radius 2 is 1.86 bits per heavy atom. The number of nitrogens with two attached hydrogens (primary N) is 2. The van der Waals surface area contributed by atoms with Gasteiger partial charge < -0.3 is 16.2 Å². The topological polar surface area (TPSA) is 131 Å². The molecule has 9 heteroatoms. The number of benzene rings is 1. The third kappa shape index (κ3) is 4.60. The Morgan fingerprint density at radius 3 is 2.43 bits per heavy atom. The fourth-order valence-corrected chi connectivity index (χ4v) is 5.16. The van der Waals surface area contributed by atoms with E-state index >= 15 is 0 Å². The lowest BCUT2D eigenvalue weighted by Crippen LogP contribution is -2.20. The Hall–Kier alpha value is -1.81. The maximum absolute atomic E-state index is 11.0. The van der Waals surface area contributed by atoms with E-state index in [1.165, 1.54) is 48.6 Å². The quantitative estimate of drug-likeness (QED) is 0.605. The van der Waals surface area contributed by atoms with E-state index in [0.29, 0.717) is 9.22 Å². The van der Waals surface area contributed by atoms with Crippen LogP contribution >= 0.6 is 11.3 Å². The number of primary amides is 1. The van der Waals surface area contributed by atoms with Crippen LogP contribution in [0.3, 0.4) is 0 Å². The summed E-state index contributed by atoms with van der Waals surface area (Å²) in [5.74, 6) is 0. The van der Waals surface area contributed by atoms with Gasteiger partial charge in [-0.15, -0.1) is 11.3 Å². The minimum absolute atomic E-state index is 0.452. The normalized spacial score (nSPS) is 16.0. The van der Waals surface area contributed by atoms with Gasteiger partial charge in [-0.25, -0.2) is 19.1 Å². The molecule has 0 spiro atoms. The van der Waals surface area contributed by atoms with Crippen LogP contribution in [0, 0.1) is 0 Å². The number of aryl methyl sites for hydroxylation is 1. The molecule has 0 radical (unpaired) electrons. The second-order valence-electron chi connectivity index (χ2n) is 7.56. The summed E-state index contributed by atoms with van der Waals surface area (Å²) in [7, 11) is -1.50. The smallest absolute Gasteiger partial charge is 0.316 e. The van der Waals surface area contributed by atoms with Crippen LogP contribution in [0.5, 0.6) is 0 Å². The molecule has 0 fully saturated rings. The first-order valence-electron chi connectivity index (χ1n) is 9.24. The fraction of sp³-hybridized carbons (Fsp3) is 0.474. The summed E-state index contributed by atoms with van der Waals surface area (Å²) in [6.45, 7) is 3.24. The molecule has 2 aromatic rings. The van der Waals surface area contributed by atoms with Gasteiger partial charge in [-0.2, -0.15) is 0 Å². The number of aliphatic hydroxyl groups is 1. The SMILES string of the molecule is CC(C)(O)c1ncc(S(N)=O)s1.NC(=O)Nc1cc2c(c3c1CCC3)CCC2. The van der Waals surface area contributed by atoms with Crippen molar-refractivity contribution in [3.05, 3.63) is 39.5 Å². The number of hydrogen-bond acceptors (Lipinski definition) is 5. The van der Waals surface area contributed by atoms with Crippen molar-refractivity contribution in [1.82, 2.24) is 4.98 Å². The van der Waals surface area contributed by atoms with Gasteiger partial charge in [0.15, 0.2) is 0 Å². The first-order valence-corrected chi connectivity index (χ1v) is 11.3. The third-order valence-electron chi connectivity index (χ3n) is 4.95. The van der Waals surface area contributed by atoms with Crippen LogP contribution in [-0.4, -0.2) is 20.3 Å². The van der Waals surface area contributed by atoms with Crippen molar-refractivity contribution in [1.29, 1.82) is 0 Å². The van der Waals surface area contributed by atoms with Gasteiger partial charge in [-0.1, -0.05) is 0 Å². The van der Waals surface area contributed by atoms with E-state index in [0.717, 1.165) is 29.9 Å². The predicted octanol–water partition coefficient (Wildman–Crippen LogP) is 2.51. The largest absolute Gasteiger partial charge is 0.383 e. The second-order valence-corrected chi connectivity index (χ2v) is 9.88. The van der Waals surface area contributed by atoms with E-state index < -0.39 is 22.6 Å². The van der Waals surface area contributed by atoms with Crippen LogP contribution in [0.1, 0.15) is 54.0 Å². The highest BCUT2D eigenvalue weighted by Gasteiger charge is 2.24. The summed E-state index contributed by atoms with van der Waals surface area (Å²) in [6, 6.07) is 1.68. The van der Waals surface area contributed by atoms with Crippen LogP contribution < -0.4 is 16.2 Å². The van der Waals surface area contributed by atoms with Gasteiger partial charge in [0.25, 0.3) is 0 Å². The lowest BCUT2D eigenvalue weighted by atomic mass is 9.98. The Kier molecular flexibility index (Phi) is 6.18. The number of nitrogens with zero attached hydrogens (tertiary/aromatic N) is 1. The molecule has 7 nitrogen and oxygen atoms in total. The van der Waals surface area contributed by atoms with Crippen molar-refractivity contribution in [2.75, 3.05) is 5.32 Å². The lowest BCUT2D eigenvalue weighted by molar-refractivity contribution is 0.0783. The summed E-state index contributed by atoms with van der Waals surface area (Å²) in [6.07, 6.45) is 8.50. The number of carbonyl (C=O) groups excluding carboxylic acids is 1. The number of carbonyl (C=O) groups is 1. The highest BCUT2D eigenvalue weighted by Crippen LogP contribution is 2.38. The minimum atomic E-state index is -1.50. The zero-order chi connectivity index (χ0) is 20.5. The molecule has 1 heterocycles. The van der Waals surface area contributed by atoms with Crippen LogP contribution in [0.15, 0.2) is 16.5 Å². The molecule has 152 valence electrons. The van der Waals surface area contributed by atoms with Gasteiger partial charge in [0.2, 0.25) is 0 Å². The number of urea groups is 1. The highest BCUT2D eigenvalue weighted by atomic mass is 32.2. The van der Waals surface area contributed by atoms with Gasteiger partial charge in [0.05, 0.1) is 6.20 Å². The van der Waals surface area contributed by atoms with Crippen molar-refractivity contribution in [3.63, 3.8) is 0 Å². The monoisotopic (exact) mass is 422 g/mol. The van der Waals surface area contributed by atoms with E-state index in [-0.39, 0.29) is 0 Å². The molecule has 2 aliphatic rings. The van der Waals surface area contributed by atoms with Crippen molar-refractivity contribution < 1.29 is 14.1 Å². The summed E-state index contributed by atoms with van der Waals surface area (Å²) in [5.41, 5.74) is 11.0. The molecule has 1 aromatic carbocycles. The molecule has 1 atom stereocenters. The van der Waals surface area contributed by atoms with Crippen molar-refractivity contribution >= 4 is 34.0 Å². The molecule has 2 amide bonds. The summed E-state index contributed by atoms with van der Waals surface area (Å²) in [4.78, 5) is 14.9. The van der Waals surface area contributed by atoms with Gasteiger partial charge in [-0.05, 0) is 80.7 Å². The zero-order valence-electron chi connectivity index (χ0n) is 16.1. The van der Waals surface area contributed by atoms with Crippen molar-refractivity contribution in [2.45, 2.75) is 62.2 Å². The first-order chi connectivity index (χ1) is 13.2. The number of amides is 2. The Morgan fingerprint density at radius 1 is 1.21 bits per heavy atom. The van der Waals surface area contributed by atoms with Gasteiger partial charge >= 0.3 is 6.03 Å². The number of thiazole rings is 1. The standard InChI is InChI=1S/C13H16N2O.C6H10N2O2S2/c14-13(16)15-12-7-8-3-1-4-9(8)10-5-2-6-11(10)12;1-6(2,9)5-8-3-4(11-5)12(7)10/h7H,1-6H2,(H3,14,15,16);3,9H,7H2,1-2H3. The first kappa shape index (κ1) is 20.9. The lowest BCUT2D eigenvalue weighted by Gasteiger charge is -2.13. The van der Waals surface area contributed by atoms with Crippen LogP contribution in [0.4, 0.5) is 10.5 Å². The summed E-state index contributed by atoms with van der Waals surface area (Å²) >= 11 is 1.16. The van der Waals surface area contributed by atoms with E-state index in [1.807, 2.05) is 0 Å². The average Bonchev–Trinajstić information content (AvgIpc) is 3.33. The molecule has 2 aliphatic carbocycles. The molecule has 0 saturated carbocycles. The van der Waals surface area contributed by atoms with E-state index in [2.05, 4.69) is 16.4 Å². The number of fused-ring (bicyclic) bond motifs is 3. The summed E-state index contributed by atoms with van der Waals surface area (Å²) < 4.78 is 11.2. The second kappa shape index (κ2) is 8.28. The Balaban J connectivity index is 0.000000169. The van der Waals surface area contributed by atoms with E-state index in [1.54, 1.807) is 19.4 Å². The molecule has 4 rings (SSSR count). The molecule has 1 unspecified atom stereocenters. The fourth-order valence-electron chi connectivity index (χ4n) is 3.79. The van der Waals surface area contributed by atoms with Crippen LogP contribution in [0.25, 0.3) is 0 Å². The van der Waals surface area contributed by atoms with Crippen molar-refractivity contribution in [2.24, 2.45) is 10.9 Å². The molecule has 0 aliphatic heterocycles. The van der Waals surface area contributed by atoms with Crippen LogP contribution in [-0.2, 0) is 42.3 Å². The van der Waals surface area contributed by atoms with Gasteiger partial charge in [-0.3, -0.25) is 0 Å². The maximum atomic E-state index is 11.0. The summed E-state index contributed by atoms with van der Waals surface area (Å²) in [5, 5.41) is 17.9. The Labute approximate surface area is 171 Å². The molecule has 1 aromatic heterocycles. The average molecular weight is 423 g/mol.